The minimum atomic E-state index is -0.681. The first-order valence-corrected chi connectivity index (χ1v) is 6.94. The van der Waals surface area contributed by atoms with Gasteiger partial charge in [0.1, 0.15) is 6.17 Å². The van der Waals surface area contributed by atoms with E-state index in [-0.39, 0.29) is 11.8 Å². The Balaban J connectivity index is 2.54. The Labute approximate surface area is 100.0 Å². The van der Waals surface area contributed by atoms with Crippen molar-refractivity contribution in [1.29, 1.82) is 0 Å². The van der Waals surface area contributed by atoms with Gasteiger partial charge in [0.05, 0.1) is 0 Å². The summed E-state index contributed by atoms with van der Waals surface area (Å²) < 4.78 is 14.4. The molecule has 0 saturated heterocycles. The molecule has 16 heavy (non-hydrogen) atoms. The maximum absolute atomic E-state index is 14.4. The molecule has 1 saturated carbocycles. The lowest BCUT2D eigenvalue weighted by molar-refractivity contribution is 0.0794. The highest BCUT2D eigenvalue weighted by atomic mass is 19.1. The topological polar surface area (TPSA) is 26.0 Å². The lowest BCUT2D eigenvalue weighted by atomic mass is 9.73. The molecular formula is C14H28FN. The Kier molecular flexibility index (Phi) is 5.74. The Morgan fingerprint density at radius 3 is 2.50 bits per heavy atom. The van der Waals surface area contributed by atoms with Crippen LogP contribution in [0.15, 0.2) is 0 Å². The predicted octanol–water partition coefficient (Wildman–Crippen LogP) is 3.77. The summed E-state index contributed by atoms with van der Waals surface area (Å²) in [6.07, 6.45) is 5.19. The SMILES string of the molecule is CCC1CCCC(C(F)C(CN)C(C)C)C1. The molecule has 0 aromatic rings. The van der Waals surface area contributed by atoms with E-state index in [1.807, 2.05) is 0 Å². The molecule has 0 bridgehead atoms. The van der Waals surface area contributed by atoms with Crippen molar-refractivity contribution >= 4 is 0 Å². The van der Waals surface area contributed by atoms with Crippen LogP contribution in [0, 0.1) is 23.7 Å². The fourth-order valence-electron chi connectivity index (χ4n) is 3.11. The molecule has 0 amide bonds. The molecule has 0 aromatic heterocycles. The average molecular weight is 229 g/mol. The Hall–Kier alpha value is -0.110. The molecule has 96 valence electrons. The minimum absolute atomic E-state index is 0.0561. The van der Waals surface area contributed by atoms with Crippen LogP contribution in [0.3, 0.4) is 0 Å². The Morgan fingerprint density at radius 1 is 1.31 bits per heavy atom. The van der Waals surface area contributed by atoms with Gasteiger partial charge in [-0.1, -0.05) is 40.0 Å². The molecule has 0 aliphatic heterocycles. The fraction of sp³-hybridized carbons (Fsp3) is 1.00. The van der Waals surface area contributed by atoms with E-state index in [2.05, 4.69) is 20.8 Å². The van der Waals surface area contributed by atoms with E-state index in [0.29, 0.717) is 12.5 Å². The number of nitrogens with two attached hydrogens (primary N) is 1. The molecule has 1 nitrogen and oxygen atoms in total. The number of hydrogen-bond donors (Lipinski definition) is 1. The molecule has 1 aliphatic carbocycles. The summed E-state index contributed by atoms with van der Waals surface area (Å²) in [7, 11) is 0. The standard InChI is InChI=1S/C14H28FN/c1-4-11-6-5-7-12(8-11)14(15)13(9-16)10(2)3/h10-14H,4-9,16H2,1-3H3. The fourth-order valence-corrected chi connectivity index (χ4v) is 3.11. The monoisotopic (exact) mass is 229 g/mol. The number of alkyl halides is 1. The van der Waals surface area contributed by atoms with E-state index in [9.17, 15) is 4.39 Å². The number of halogens is 1. The van der Waals surface area contributed by atoms with Crippen molar-refractivity contribution in [2.75, 3.05) is 6.54 Å². The zero-order valence-electron chi connectivity index (χ0n) is 11.1. The van der Waals surface area contributed by atoms with Crippen LogP contribution in [0.2, 0.25) is 0 Å². The summed E-state index contributed by atoms with van der Waals surface area (Å²) in [5.41, 5.74) is 5.71. The van der Waals surface area contributed by atoms with Crippen LogP contribution in [0.1, 0.15) is 52.9 Å². The molecule has 1 fully saturated rings. The van der Waals surface area contributed by atoms with Crippen LogP contribution in [0.4, 0.5) is 4.39 Å². The second-order valence-electron chi connectivity index (χ2n) is 5.79. The summed E-state index contributed by atoms with van der Waals surface area (Å²) in [6.45, 7) is 6.89. The highest BCUT2D eigenvalue weighted by molar-refractivity contribution is 4.83. The van der Waals surface area contributed by atoms with Gasteiger partial charge in [-0.2, -0.15) is 0 Å². The second-order valence-corrected chi connectivity index (χ2v) is 5.79. The Morgan fingerprint density at radius 2 is 2.00 bits per heavy atom. The van der Waals surface area contributed by atoms with Gasteiger partial charge in [-0.05, 0) is 37.1 Å². The van der Waals surface area contributed by atoms with Gasteiger partial charge in [-0.15, -0.1) is 0 Å². The molecule has 4 atom stereocenters. The van der Waals surface area contributed by atoms with Crippen LogP contribution in [0.5, 0.6) is 0 Å². The van der Waals surface area contributed by atoms with Gasteiger partial charge in [0.2, 0.25) is 0 Å². The Bertz CT molecular complexity index is 193. The van der Waals surface area contributed by atoms with Crippen LogP contribution in [-0.2, 0) is 0 Å². The first kappa shape index (κ1) is 14.0. The summed E-state index contributed by atoms with van der Waals surface area (Å²) in [5.74, 6) is 1.44. The van der Waals surface area contributed by atoms with E-state index in [0.717, 1.165) is 18.8 Å². The first-order valence-electron chi connectivity index (χ1n) is 6.94. The van der Waals surface area contributed by atoms with Crippen LogP contribution < -0.4 is 5.73 Å². The molecule has 2 heteroatoms. The van der Waals surface area contributed by atoms with Gasteiger partial charge < -0.3 is 5.73 Å². The second kappa shape index (κ2) is 6.58. The van der Waals surface area contributed by atoms with Gasteiger partial charge in [-0.25, -0.2) is 4.39 Å². The number of rotatable bonds is 5. The molecule has 0 aromatic carbocycles. The normalized spacial score (nSPS) is 30.4. The summed E-state index contributed by atoms with van der Waals surface area (Å²) >= 11 is 0. The van der Waals surface area contributed by atoms with E-state index in [1.54, 1.807) is 0 Å². The van der Waals surface area contributed by atoms with Crippen molar-refractivity contribution < 1.29 is 4.39 Å². The quantitative estimate of drug-likeness (QED) is 0.763. The zero-order valence-corrected chi connectivity index (χ0v) is 11.1. The predicted molar refractivity (Wildman–Crippen MR) is 68.0 cm³/mol. The average Bonchev–Trinajstić information content (AvgIpc) is 2.29. The van der Waals surface area contributed by atoms with Crippen molar-refractivity contribution in [1.82, 2.24) is 0 Å². The van der Waals surface area contributed by atoms with Gasteiger partial charge in [0, 0.05) is 5.92 Å². The van der Waals surface area contributed by atoms with Gasteiger partial charge in [-0.3, -0.25) is 0 Å². The lowest BCUT2D eigenvalue weighted by Crippen LogP contribution is -2.36. The lowest BCUT2D eigenvalue weighted by Gasteiger charge is -2.35. The van der Waals surface area contributed by atoms with Crippen LogP contribution in [-0.4, -0.2) is 12.7 Å². The van der Waals surface area contributed by atoms with Crippen molar-refractivity contribution in [2.45, 2.75) is 59.0 Å². The highest BCUT2D eigenvalue weighted by Crippen LogP contribution is 2.37. The van der Waals surface area contributed by atoms with E-state index < -0.39 is 6.17 Å². The minimum Gasteiger partial charge on any atom is -0.330 e. The molecule has 1 rings (SSSR count). The van der Waals surface area contributed by atoms with Crippen molar-refractivity contribution in [2.24, 2.45) is 29.4 Å². The smallest absolute Gasteiger partial charge is 0.107 e. The third kappa shape index (κ3) is 3.44. The maximum Gasteiger partial charge on any atom is 0.107 e. The van der Waals surface area contributed by atoms with Crippen molar-refractivity contribution in [3.8, 4) is 0 Å². The largest absolute Gasteiger partial charge is 0.330 e. The first-order chi connectivity index (χ1) is 7.60. The van der Waals surface area contributed by atoms with Crippen molar-refractivity contribution in [3.63, 3.8) is 0 Å². The van der Waals surface area contributed by atoms with E-state index >= 15 is 0 Å². The van der Waals surface area contributed by atoms with Crippen LogP contribution >= 0.6 is 0 Å². The van der Waals surface area contributed by atoms with Crippen molar-refractivity contribution in [3.05, 3.63) is 0 Å². The van der Waals surface area contributed by atoms with E-state index in [1.165, 1.54) is 19.3 Å². The molecule has 0 radical (unpaired) electrons. The van der Waals surface area contributed by atoms with Gasteiger partial charge >= 0.3 is 0 Å². The maximum atomic E-state index is 14.4. The zero-order chi connectivity index (χ0) is 12.1. The third-order valence-corrected chi connectivity index (χ3v) is 4.39. The summed E-state index contributed by atoms with van der Waals surface area (Å²) in [5, 5.41) is 0. The van der Waals surface area contributed by atoms with Gasteiger partial charge in [0.25, 0.3) is 0 Å². The molecule has 1 aliphatic rings. The molecular weight excluding hydrogens is 201 g/mol. The van der Waals surface area contributed by atoms with Gasteiger partial charge in [0.15, 0.2) is 0 Å². The highest BCUT2D eigenvalue weighted by Gasteiger charge is 2.33. The summed E-state index contributed by atoms with van der Waals surface area (Å²) in [4.78, 5) is 0. The van der Waals surface area contributed by atoms with Crippen LogP contribution in [0.25, 0.3) is 0 Å². The van der Waals surface area contributed by atoms with E-state index in [4.69, 9.17) is 5.73 Å². The summed E-state index contributed by atoms with van der Waals surface area (Å²) in [6, 6.07) is 0. The molecule has 2 N–H and O–H groups in total. The molecule has 0 spiro atoms. The number of hydrogen-bond acceptors (Lipinski definition) is 1. The molecule has 4 unspecified atom stereocenters. The third-order valence-electron chi connectivity index (χ3n) is 4.39. The molecule has 0 heterocycles.